The zero-order valence-corrected chi connectivity index (χ0v) is 22.3. The third-order valence-corrected chi connectivity index (χ3v) is 8.04. The number of nitrogens with one attached hydrogen (secondary N) is 1. The molecule has 0 aromatic heterocycles. The van der Waals surface area contributed by atoms with Crippen LogP contribution in [0.4, 0.5) is 4.79 Å². The number of nitrogens with two attached hydrogens (primary N) is 1. The summed E-state index contributed by atoms with van der Waals surface area (Å²) < 4.78 is 5.14. The van der Waals surface area contributed by atoms with E-state index < -0.39 is 64.8 Å². The minimum absolute atomic E-state index is 0.0111. The second-order valence-electron chi connectivity index (χ2n) is 11.2. The molecule has 2 saturated carbocycles. The molecule has 39 heavy (non-hydrogen) atoms. The molecule has 212 valence electrons. The number of alkyl carbamates (subject to hydrolysis) is 1. The highest BCUT2D eigenvalue weighted by molar-refractivity contribution is 6.25. The number of phenolic OH excluding ortho intramolecular Hbond substituents is 1. The summed E-state index contributed by atoms with van der Waals surface area (Å²) >= 11 is 0. The molecule has 1 aromatic rings. The Bertz CT molecular complexity index is 1260. The van der Waals surface area contributed by atoms with Gasteiger partial charge in [-0.1, -0.05) is 19.9 Å². The van der Waals surface area contributed by atoms with Gasteiger partial charge in [0.05, 0.1) is 18.3 Å². The van der Waals surface area contributed by atoms with Gasteiger partial charge in [0.2, 0.25) is 11.7 Å². The predicted octanol–water partition coefficient (Wildman–Crippen LogP) is 0.0112. The van der Waals surface area contributed by atoms with Crippen molar-refractivity contribution in [1.82, 2.24) is 10.2 Å². The summed E-state index contributed by atoms with van der Waals surface area (Å²) in [6.07, 6.45) is -2.04. The van der Waals surface area contributed by atoms with Crippen LogP contribution in [0.5, 0.6) is 5.75 Å². The van der Waals surface area contributed by atoms with E-state index >= 15 is 0 Å². The highest BCUT2D eigenvalue weighted by atomic mass is 16.5. The van der Waals surface area contributed by atoms with E-state index in [0.717, 1.165) is 0 Å². The quantitative estimate of drug-likeness (QED) is 0.265. The first-order valence-electron chi connectivity index (χ1n) is 12.8. The third kappa shape index (κ3) is 4.56. The SMILES string of the molecule is CC(C)COC(=O)NCc1ccc(O)c2c1C[C@@H]1C[C@@H]3[C@@H](N(C)C)C(O)C(C(N)=O)C(=O)[C@]3(O)C(=O)C1=C2O. The zero-order valence-electron chi connectivity index (χ0n) is 22.3. The van der Waals surface area contributed by atoms with E-state index in [2.05, 4.69) is 5.32 Å². The number of ether oxygens (including phenoxy) is 1. The van der Waals surface area contributed by atoms with E-state index in [4.69, 9.17) is 10.5 Å². The Balaban J connectivity index is 1.76. The number of carbonyl (C=O) groups excluding carboxylic acids is 4. The van der Waals surface area contributed by atoms with E-state index in [-0.39, 0.29) is 48.8 Å². The number of Topliss-reactive ketones (excluding diaryl/α,β-unsaturated/α-hetero) is 2. The summed E-state index contributed by atoms with van der Waals surface area (Å²) in [5, 5.41) is 47.1. The van der Waals surface area contributed by atoms with Crippen LogP contribution in [0.1, 0.15) is 37.0 Å². The zero-order chi connectivity index (χ0) is 29.0. The van der Waals surface area contributed by atoms with E-state index in [9.17, 15) is 39.6 Å². The van der Waals surface area contributed by atoms with E-state index in [1.165, 1.54) is 11.0 Å². The van der Waals surface area contributed by atoms with Crippen LogP contribution in [0.2, 0.25) is 0 Å². The van der Waals surface area contributed by atoms with Crippen molar-refractivity contribution in [3.05, 3.63) is 34.4 Å². The van der Waals surface area contributed by atoms with Crippen molar-refractivity contribution in [3.63, 3.8) is 0 Å². The van der Waals surface area contributed by atoms with Gasteiger partial charge in [0.1, 0.15) is 17.4 Å². The molecule has 0 spiro atoms. The number of phenols is 1. The van der Waals surface area contributed by atoms with Gasteiger partial charge in [-0.05, 0) is 56.0 Å². The molecule has 4 rings (SSSR count). The maximum absolute atomic E-state index is 13.8. The summed E-state index contributed by atoms with van der Waals surface area (Å²) in [7, 11) is 3.18. The molecular weight excluding hydrogens is 510 g/mol. The average molecular weight is 546 g/mol. The number of hydrogen-bond acceptors (Lipinski definition) is 10. The fourth-order valence-electron chi connectivity index (χ4n) is 6.30. The molecule has 0 aliphatic heterocycles. The lowest BCUT2D eigenvalue weighted by Gasteiger charge is -2.53. The molecule has 2 fully saturated rings. The fourth-order valence-corrected chi connectivity index (χ4v) is 6.30. The molecule has 2 amide bonds. The molecule has 1 aromatic carbocycles. The van der Waals surface area contributed by atoms with Gasteiger partial charge in [0.25, 0.3) is 0 Å². The number of rotatable bonds is 6. The minimum Gasteiger partial charge on any atom is -0.507 e. The molecule has 0 radical (unpaired) electrons. The standard InChI is InChI=1S/C27H35N3O9/c1-11(2)10-39-26(37)29-9-12-5-6-16(31)18-14(12)7-13-8-15-20(30(3)4)22(33)19(25(28)36)24(35)27(15,38)23(34)17(13)21(18)32/h5-6,11,13,15,19-20,22,31-33,38H,7-10H2,1-4H3,(H2,28,36)(H,29,37)/t13-,15-,19?,20-,22?,27-/m1/s1. The molecule has 0 saturated heterocycles. The van der Waals surface area contributed by atoms with Crippen molar-refractivity contribution in [2.24, 2.45) is 29.4 Å². The molecule has 0 heterocycles. The Morgan fingerprint density at radius 3 is 2.49 bits per heavy atom. The summed E-state index contributed by atoms with van der Waals surface area (Å²) in [6.45, 7) is 4.05. The normalized spacial score (nSPS) is 30.1. The summed E-state index contributed by atoms with van der Waals surface area (Å²) in [5.74, 6) is -7.83. The number of primary amides is 1. The van der Waals surface area contributed by atoms with E-state index in [0.29, 0.717) is 11.1 Å². The number of aliphatic hydroxyl groups is 3. The molecular formula is C27H35N3O9. The van der Waals surface area contributed by atoms with Crippen molar-refractivity contribution in [1.29, 1.82) is 0 Å². The Labute approximate surface area is 225 Å². The lowest BCUT2D eigenvalue weighted by Crippen LogP contribution is -2.73. The molecule has 3 aliphatic rings. The number of ketones is 2. The first kappa shape index (κ1) is 28.5. The van der Waals surface area contributed by atoms with Gasteiger partial charge in [0, 0.05) is 24.1 Å². The summed E-state index contributed by atoms with van der Waals surface area (Å²) in [5.41, 5.74) is 3.47. The van der Waals surface area contributed by atoms with Gasteiger partial charge < -0.3 is 41.1 Å². The smallest absolute Gasteiger partial charge is 0.407 e. The predicted molar refractivity (Wildman–Crippen MR) is 137 cm³/mol. The number of amides is 2. The van der Waals surface area contributed by atoms with Gasteiger partial charge in [-0.15, -0.1) is 0 Å². The number of aromatic hydroxyl groups is 1. The largest absolute Gasteiger partial charge is 0.507 e. The highest BCUT2D eigenvalue weighted by Gasteiger charge is 2.67. The molecule has 2 unspecified atom stereocenters. The van der Waals surface area contributed by atoms with Crippen molar-refractivity contribution in [2.75, 3.05) is 20.7 Å². The number of carbonyl (C=O) groups is 4. The molecule has 7 N–H and O–H groups in total. The van der Waals surface area contributed by atoms with Crippen molar-refractivity contribution in [2.45, 2.75) is 51.0 Å². The van der Waals surface area contributed by atoms with Crippen molar-refractivity contribution in [3.8, 4) is 5.75 Å². The topological polar surface area (TPSA) is 200 Å². The number of fused-ring (bicyclic) bond motifs is 3. The second-order valence-corrected chi connectivity index (χ2v) is 11.2. The Kier molecular flexibility index (Phi) is 7.50. The van der Waals surface area contributed by atoms with Crippen LogP contribution in [-0.2, 0) is 32.1 Å². The summed E-state index contributed by atoms with van der Waals surface area (Å²) in [6, 6.07) is 1.93. The third-order valence-electron chi connectivity index (χ3n) is 8.04. The molecule has 6 atom stereocenters. The molecule has 12 heteroatoms. The number of likely N-dealkylation sites (N-methyl/N-ethyl adjacent to an activating group) is 1. The number of benzene rings is 1. The van der Waals surface area contributed by atoms with Crippen LogP contribution >= 0.6 is 0 Å². The average Bonchev–Trinajstić information content (AvgIpc) is 2.84. The van der Waals surface area contributed by atoms with Crippen LogP contribution < -0.4 is 11.1 Å². The van der Waals surface area contributed by atoms with Crippen molar-refractivity contribution < 1.29 is 44.3 Å². The van der Waals surface area contributed by atoms with Crippen molar-refractivity contribution >= 4 is 29.3 Å². The Morgan fingerprint density at radius 1 is 1.23 bits per heavy atom. The number of nitrogens with zero attached hydrogens (tertiary/aromatic N) is 1. The van der Waals surface area contributed by atoms with Gasteiger partial charge in [-0.3, -0.25) is 14.4 Å². The van der Waals surface area contributed by atoms with Gasteiger partial charge in [-0.25, -0.2) is 4.79 Å². The van der Waals surface area contributed by atoms with Crippen LogP contribution in [0, 0.1) is 23.7 Å². The molecule has 3 aliphatic carbocycles. The molecule has 12 nitrogen and oxygen atoms in total. The lowest BCUT2D eigenvalue weighted by atomic mass is 9.54. The summed E-state index contributed by atoms with van der Waals surface area (Å²) in [4.78, 5) is 52.9. The first-order chi connectivity index (χ1) is 18.2. The van der Waals surface area contributed by atoms with Gasteiger partial charge in [0.15, 0.2) is 11.4 Å². The van der Waals surface area contributed by atoms with Crippen LogP contribution in [-0.4, -0.2) is 87.3 Å². The minimum atomic E-state index is -2.71. The highest BCUT2D eigenvalue weighted by Crippen LogP contribution is 2.52. The van der Waals surface area contributed by atoms with Gasteiger partial charge in [-0.2, -0.15) is 0 Å². The van der Waals surface area contributed by atoms with Crippen LogP contribution in [0.25, 0.3) is 5.76 Å². The molecule has 0 bridgehead atoms. The Morgan fingerprint density at radius 2 is 1.90 bits per heavy atom. The lowest BCUT2D eigenvalue weighted by molar-refractivity contribution is -0.184. The maximum atomic E-state index is 13.8. The first-order valence-corrected chi connectivity index (χ1v) is 12.8. The van der Waals surface area contributed by atoms with Gasteiger partial charge >= 0.3 is 6.09 Å². The fraction of sp³-hybridized carbons (Fsp3) is 0.556. The van der Waals surface area contributed by atoms with Crippen LogP contribution in [0.3, 0.4) is 0 Å². The Hall–Kier alpha value is -3.48. The maximum Gasteiger partial charge on any atom is 0.407 e. The number of aliphatic hydroxyl groups excluding tert-OH is 2. The number of hydrogen-bond donors (Lipinski definition) is 6. The van der Waals surface area contributed by atoms with E-state index in [1.54, 1.807) is 20.2 Å². The monoisotopic (exact) mass is 545 g/mol. The second kappa shape index (κ2) is 10.2. The van der Waals surface area contributed by atoms with E-state index in [1.807, 2.05) is 13.8 Å². The van der Waals surface area contributed by atoms with Crippen LogP contribution in [0.15, 0.2) is 17.7 Å².